The molecule has 0 aromatic rings. The van der Waals surface area contributed by atoms with Gasteiger partial charge in [-0.05, 0) is 19.3 Å². The summed E-state index contributed by atoms with van der Waals surface area (Å²) in [6.07, 6.45) is 34.0. The van der Waals surface area contributed by atoms with Crippen molar-refractivity contribution >= 4 is 5.97 Å². The Bertz CT molecular complexity index is 502. The van der Waals surface area contributed by atoms with Gasteiger partial charge in [0.1, 0.15) is 6.23 Å². The number of rotatable bonds is 34. The second-order valence-electron chi connectivity index (χ2n) is 12.2. The quantitative estimate of drug-likeness (QED) is 0.0595. The van der Waals surface area contributed by atoms with Crippen molar-refractivity contribution in [2.45, 2.75) is 206 Å². The van der Waals surface area contributed by atoms with Gasteiger partial charge < -0.3 is 20.3 Å². The smallest absolute Gasteiger partial charge is 0.303 e. The molecule has 0 heterocycles. The molecule has 240 valence electrons. The number of unbranched alkanes of at least 4 members (excludes halogenated alkanes) is 24. The molecule has 0 amide bonds. The van der Waals surface area contributed by atoms with E-state index in [4.69, 9.17) is 20.3 Å². The largest absolute Gasteiger partial charge is 0.481 e. The summed E-state index contributed by atoms with van der Waals surface area (Å²) < 4.78 is 11.9. The molecule has 0 rings (SSSR count). The number of carboxylic acid groups (broad SMARTS) is 1. The van der Waals surface area contributed by atoms with Gasteiger partial charge in [-0.2, -0.15) is 0 Å². The third-order valence-electron chi connectivity index (χ3n) is 8.15. The molecule has 0 saturated heterocycles. The summed E-state index contributed by atoms with van der Waals surface area (Å²) in [5.41, 5.74) is 6.26. The van der Waals surface area contributed by atoms with Gasteiger partial charge in [0.2, 0.25) is 0 Å². The van der Waals surface area contributed by atoms with E-state index in [-0.39, 0.29) is 12.5 Å². The lowest BCUT2D eigenvalue weighted by atomic mass is 10.0. The van der Waals surface area contributed by atoms with Crippen molar-refractivity contribution in [2.75, 3.05) is 13.2 Å². The standard InChI is InChI=1S/C35H71NO4/c1-3-5-7-9-11-13-15-16-17-18-19-20-22-23-25-27-31-39-33(29-30-34(37)38)35(36)40-32-28-26-24-21-14-12-10-8-6-4-2/h33,35H,3-32,36H2,1-2H3,(H,37,38). The Morgan fingerprint density at radius 1 is 0.525 bits per heavy atom. The Kier molecular flexibility index (Phi) is 32.3. The topological polar surface area (TPSA) is 81.8 Å². The van der Waals surface area contributed by atoms with Crippen molar-refractivity contribution in [3.63, 3.8) is 0 Å². The predicted octanol–water partition coefficient (Wildman–Crippen LogP) is 10.7. The molecule has 0 bridgehead atoms. The molecule has 0 saturated carbocycles. The van der Waals surface area contributed by atoms with Crippen molar-refractivity contribution in [1.29, 1.82) is 0 Å². The molecule has 0 fully saturated rings. The van der Waals surface area contributed by atoms with Gasteiger partial charge in [0.05, 0.1) is 6.10 Å². The van der Waals surface area contributed by atoms with Crippen LogP contribution in [-0.4, -0.2) is 36.6 Å². The third kappa shape index (κ3) is 30.3. The predicted molar refractivity (Wildman–Crippen MR) is 172 cm³/mol. The van der Waals surface area contributed by atoms with Crippen LogP contribution in [0.1, 0.15) is 194 Å². The summed E-state index contributed by atoms with van der Waals surface area (Å²) >= 11 is 0. The summed E-state index contributed by atoms with van der Waals surface area (Å²) in [6, 6.07) is 0. The number of carbonyl (C=O) groups is 1. The van der Waals surface area contributed by atoms with Crippen molar-refractivity contribution in [3.8, 4) is 0 Å². The molecule has 0 aromatic carbocycles. The monoisotopic (exact) mass is 570 g/mol. The van der Waals surface area contributed by atoms with Gasteiger partial charge in [-0.25, -0.2) is 0 Å². The van der Waals surface area contributed by atoms with E-state index in [1.807, 2.05) is 0 Å². The van der Waals surface area contributed by atoms with Gasteiger partial charge in [-0.1, -0.05) is 168 Å². The number of hydrogen-bond donors (Lipinski definition) is 2. The van der Waals surface area contributed by atoms with E-state index >= 15 is 0 Å². The molecular weight excluding hydrogens is 498 g/mol. The maximum atomic E-state index is 11.1. The van der Waals surface area contributed by atoms with Crippen LogP contribution in [-0.2, 0) is 14.3 Å². The van der Waals surface area contributed by atoms with Crippen LogP contribution in [0.2, 0.25) is 0 Å². The fraction of sp³-hybridized carbons (Fsp3) is 0.971. The van der Waals surface area contributed by atoms with Crippen molar-refractivity contribution in [1.82, 2.24) is 0 Å². The number of ether oxygens (including phenoxy) is 2. The van der Waals surface area contributed by atoms with Gasteiger partial charge in [0.25, 0.3) is 0 Å². The molecule has 5 nitrogen and oxygen atoms in total. The van der Waals surface area contributed by atoms with Gasteiger partial charge in [0.15, 0.2) is 0 Å². The van der Waals surface area contributed by atoms with Crippen LogP contribution in [0.5, 0.6) is 0 Å². The first kappa shape index (κ1) is 39.4. The Hall–Kier alpha value is -0.650. The second-order valence-corrected chi connectivity index (χ2v) is 12.2. The number of aliphatic carboxylic acids is 1. The number of carboxylic acids is 1. The minimum absolute atomic E-state index is 0.0684. The zero-order valence-corrected chi connectivity index (χ0v) is 27.1. The van der Waals surface area contributed by atoms with Crippen LogP contribution in [0.4, 0.5) is 0 Å². The lowest BCUT2D eigenvalue weighted by Crippen LogP contribution is -2.40. The SMILES string of the molecule is CCCCCCCCCCCCCCCCCCOC(CCC(=O)O)C(N)OCCCCCCCCCCCC. The average Bonchev–Trinajstić information content (AvgIpc) is 2.94. The van der Waals surface area contributed by atoms with E-state index in [2.05, 4.69) is 13.8 Å². The van der Waals surface area contributed by atoms with E-state index in [9.17, 15) is 4.79 Å². The highest BCUT2D eigenvalue weighted by Crippen LogP contribution is 2.15. The molecular formula is C35H71NO4. The van der Waals surface area contributed by atoms with Crippen molar-refractivity contribution in [3.05, 3.63) is 0 Å². The zero-order valence-electron chi connectivity index (χ0n) is 27.1. The Labute approximate surface area is 250 Å². The van der Waals surface area contributed by atoms with Crippen LogP contribution in [0, 0.1) is 0 Å². The average molecular weight is 570 g/mol. The van der Waals surface area contributed by atoms with Crippen molar-refractivity contribution < 1.29 is 19.4 Å². The fourth-order valence-electron chi connectivity index (χ4n) is 5.41. The summed E-state index contributed by atoms with van der Waals surface area (Å²) in [5.74, 6) is -0.807. The minimum atomic E-state index is -0.807. The molecule has 5 heteroatoms. The van der Waals surface area contributed by atoms with E-state index < -0.39 is 12.2 Å². The highest BCUT2D eigenvalue weighted by Gasteiger charge is 2.20. The van der Waals surface area contributed by atoms with Crippen LogP contribution in [0.25, 0.3) is 0 Å². The van der Waals surface area contributed by atoms with E-state index in [1.54, 1.807) is 0 Å². The lowest BCUT2D eigenvalue weighted by molar-refractivity contribution is -0.139. The highest BCUT2D eigenvalue weighted by atomic mass is 16.5. The molecule has 2 unspecified atom stereocenters. The first-order valence-corrected chi connectivity index (χ1v) is 17.8. The molecule has 0 aliphatic rings. The number of nitrogens with two attached hydrogens (primary N) is 1. The first-order chi connectivity index (χ1) is 19.6. The van der Waals surface area contributed by atoms with Gasteiger partial charge in [-0.15, -0.1) is 0 Å². The first-order valence-electron chi connectivity index (χ1n) is 17.8. The van der Waals surface area contributed by atoms with Gasteiger partial charge in [0, 0.05) is 19.6 Å². The number of hydrogen-bond acceptors (Lipinski definition) is 4. The van der Waals surface area contributed by atoms with Crippen LogP contribution >= 0.6 is 0 Å². The lowest BCUT2D eigenvalue weighted by Gasteiger charge is -2.24. The maximum Gasteiger partial charge on any atom is 0.303 e. The summed E-state index contributed by atoms with van der Waals surface area (Å²) in [6.45, 7) is 5.81. The summed E-state index contributed by atoms with van der Waals surface area (Å²) in [5, 5.41) is 9.10. The zero-order chi connectivity index (χ0) is 29.4. The molecule has 40 heavy (non-hydrogen) atoms. The maximum absolute atomic E-state index is 11.1. The Balaban J connectivity index is 3.69. The Morgan fingerprint density at radius 2 is 0.825 bits per heavy atom. The molecule has 2 atom stereocenters. The molecule has 0 radical (unpaired) electrons. The van der Waals surface area contributed by atoms with Gasteiger partial charge >= 0.3 is 5.97 Å². The van der Waals surface area contributed by atoms with Crippen LogP contribution < -0.4 is 5.73 Å². The summed E-state index contributed by atoms with van der Waals surface area (Å²) in [4.78, 5) is 11.1. The fourth-order valence-corrected chi connectivity index (χ4v) is 5.41. The molecule has 0 spiro atoms. The normalized spacial score (nSPS) is 13.1. The summed E-state index contributed by atoms with van der Waals surface area (Å²) in [7, 11) is 0. The second kappa shape index (κ2) is 32.9. The van der Waals surface area contributed by atoms with E-state index in [1.165, 1.54) is 154 Å². The highest BCUT2D eigenvalue weighted by molar-refractivity contribution is 5.66. The van der Waals surface area contributed by atoms with E-state index in [0.29, 0.717) is 19.6 Å². The van der Waals surface area contributed by atoms with Gasteiger partial charge in [-0.3, -0.25) is 4.79 Å². The molecule has 0 aliphatic carbocycles. The minimum Gasteiger partial charge on any atom is -0.481 e. The van der Waals surface area contributed by atoms with Crippen LogP contribution in [0.15, 0.2) is 0 Å². The van der Waals surface area contributed by atoms with E-state index in [0.717, 1.165) is 12.8 Å². The molecule has 3 N–H and O–H groups in total. The molecule has 0 aliphatic heterocycles. The Morgan fingerprint density at radius 3 is 1.15 bits per heavy atom. The molecule has 0 aromatic heterocycles. The third-order valence-corrected chi connectivity index (χ3v) is 8.15. The van der Waals surface area contributed by atoms with Crippen molar-refractivity contribution in [2.24, 2.45) is 5.73 Å². The van der Waals surface area contributed by atoms with Crippen LogP contribution in [0.3, 0.4) is 0 Å².